The van der Waals surface area contributed by atoms with Crippen LogP contribution in [0.2, 0.25) is 0 Å². The molecule has 0 spiro atoms. The van der Waals surface area contributed by atoms with Crippen molar-refractivity contribution in [1.29, 1.82) is 0 Å². The molecular weight excluding hydrogens is 515 g/mol. The van der Waals surface area contributed by atoms with E-state index in [1.165, 1.54) is 0 Å². The lowest BCUT2D eigenvalue weighted by Crippen LogP contribution is -2.36. The van der Waals surface area contributed by atoms with Gasteiger partial charge in [-0.15, -0.1) is 6.42 Å². The number of unbranched alkanes of at least 4 members (excludes halogenated alkanes) is 2. The van der Waals surface area contributed by atoms with Gasteiger partial charge < -0.3 is 18.9 Å². The number of ether oxygens (including phenoxy) is 4. The molecule has 3 atom stereocenters. The van der Waals surface area contributed by atoms with Gasteiger partial charge in [0.1, 0.15) is 37.7 Å². The van der Waals surface area contributed by atoms with Crippen LogP contribution in [0.5, 0.6) is 0 Å². The highest BCUT2D eigenvalue weighted by Gasteiger charge is 2.40. The van der Waals surface area contributed by atoms with Crippen molar-refractivity contribution in [3.63, 3.8) is 0 Å². The minimum atomic E-state index is -4.95. The molecule has 0 radical (unpaired) electrons. The second-order valence-corrected chi connectivity index (χ2v) is 8.92. The summed E-state index contributed by atoms with van der Waals surface area (Å²) in [6, 6.07) is 0. The summed E-state index contributed by atoms with van der Waals surface area (Å²) in [6.07, 6.45) is 2.46. The topological polar surface area (TPSA) is 95.0 Å². The Morgan fingerprint density at radius 3 is 2.51 bits per heavy atom. The van der Waals surface area contributed by atoms with Gasteiger partial charge in [0, 0.05) is 31.4 Å². The minimum Gasteiger partial charge on any atom is -0.456 e. The lowest BCUT2D eigenvalue weighted by Gasteiger charge is -2.22. The van der Waals surface area contributed by atoms with E-state index < -0.39 is 41.4 Å². The average molecular weight is 550 g/mol. The number of thiocarbonyl (C=S) groups is 1. The zero-order chi connectivity index (χ0) is 27.4. The highest BCUT2D eigenvalue weighted by Crippen LogP contribution is 2.32. The largest absolute Gasteiger partial charge is 0.456 e. The van der Waals surface area contributed by atoms with E-state index in [1.54, 1.807) is 4.98 Å². The predicted molar refractivity (Wildman–Crippen MR) is 134 cm³/mol. The van der Waals surface area contributed by atoms with Crippen LogP contribution in [0.3, 0.4) is 0 Å². The van der Waals surface area contributed by atoms with Gasteiger partial charge in [-0.25, -0.2) is 4.79 Å². The molecule has 0 aromatic carbocycles. The summed E-state index contributed by atoms with van der Waals surface area (Å²) in [5, 5.41) is -0.103. The molecule has 1 aliphatic heterocycles. The SMILES string of the molecule is C#CCO[C@H]1C[C@H](n2cc(C(F)(F)F)c(=O)[nH]c2=O)O[C@@H]1COC(=S)OCCN(CCCC)CCCC. The number of aromatic amines is 1. The van der Waals surface area contributed by atoms with Crippen LogP contribution in [0.15, 0.2) is 15.8 Å². The molecule has 0 bridgehead atoms. The maximum atomic E-state index is 13.2. The first kappa shape index (κ1) is 30.8. The van der Waals surface area contributed by atoms with Crippen molar-refractivity contribution in [2.75, 3.05) is 39.5 Å². The molecule has 1 aromatic heterocycles. The Labute approximate surface area is 219 Å². The molecule has 9 nitrogen and oxygen atoms in total. The number of nitrogens with one attached hydrogen (secondary N) is 1. The van der Waals surface area contributed by atoms with Crippen LogP contribution in [0.1, 0.15) is 57.7 Å². The monoisotopic (exact) mass is 549 g/mol. The molecule has 2 heterocycles. The van der Waals surface area contributed by atoms with Crippen molar-refractivity contribution < 1.29 is 32.1 Å². The first-order valence-electron chi connectivity index (χ1n) is 12.3. The van der Waals surface area contributed by atoms with E-state index in [2.05, 4.69) is 24.7 Å². The zero-order valence-electron chi connectivity index (χ0n) is 21.1. The number of rotatable bonds is 14. The van der Waals surface area contributed by atoms with Crippen LogP contribution in [0.25, 0.3) is 0 Å². The van der Waals surface area contributed by atoms with Gasteiger partial charge in [-0.3, -0.25) is 19.2 Å². The second-order valence-electron chi connectivity index (χ2n) is 8.58. The molecule has 13 heteroatoms. The van der Waals surface area contributed by atoms with Crippen LogP contribution < -0.4 is 11.2 Å². The molecule has 1 N–H and O–H groups in total. The van der Waals surface area contributed by atoms with E-state index in [-0.39, 0.29) is 24.9 Å². The fourth-order valence-corrected chi connectivity index (χ4v) is 3.95. The smallest absolute Gasteiger partial charge is 0.423 e. The Morgan fingerprint density at radius 1 is 1.24 bits per heavy atom. The molecule has 0 aliphatic carbocycles. The summed E-state index contributed by atoms with van der Waals surface area (Å²) in [5.41, 5.74) is -4.09. The Bertz CT molecular complexity index is 1010. The molecule has 0 amide bonds. The third-order valence-electron chi connectivity index (χ3n) is 5.79. The zero-order valence-corrected chi connectivity index (χ0v) is 21.9. The molecule has 2 rings (SSSR count). The van der Waals surface area contributed by atoms with E-state index in [4.69, 9.17) is 37.6 Å². The third-order valence-corrected chi connectivity index (χ3v) is 6.03. The predicted octanol–water partition coefficient (Wildman–Crippen LogP) is 3.08. The number of hydrogen-bond acceptors (Lipinski definition) is 8. The van der Waals surface area contributed by atoms with Crippen molar-refractivity contribution in [3.8, 4) is 12.3 Å². The van der Waals surface area contributed by atoms with Crippen LogP contribution in [-0.2, 0) is 25.1 Å². The van der Waals surface area contributed by atoms with E-state index in [0.717, 1.165) is 38.8 Å². The van der Waals surface area contributed by atoms with Crippen molar-refractivity contribution in [3.05, 3.63) is 32.6 Å². The van der Waals surface area contributed by atoms with Gasteiger partial charge in [-0.2, -0.15) is 13.2 Å². The standard InChI is InChI=1S/C24H34F3N3O6S/c1-4-7-9-29(10-8-5-2)11-13-34-23(37)35-16-19-18(33-12-6-3)14-20(36-19)30-15-17(24(25,26)27)21(31)28-22(30)32/h3,15,18-20H,4-5,7-14,16H2,1-2H3,(H,28,31,32)/t18-,19+,20+/m0/s1. The van der Waals surface area contributed by atoms with E-state index in [1.807, 2.05) is 0 Å². The molecule has 1 aromatic rings. The number of terminal acetylenes is 1. The van der Waals surface area contributed by atoms with Gasteiger partial charge in [-0.05, 0) is 25.9 Å². The number of aromatic nitrogens is 2. The minimum absolute atomic E-state index is 0.00358. The summed E-state index contributed by atoms with van der Waals surface area (Å²) in [6.45, 7) is 7.02. The first-order valence-corrected chi connectivity index (χ1v) is 12.7. The van der Waals surface area contributed by atoms with Crippen LogP contribution in [0, 0.1) is 12.3 Å². The maximum absolute atomic E-state index is 13.2. The number of halogens is 3. The molecule has 1 aliphatic rings. The Balaban J connectivity index is 1.98. The van der Waals surface area contributed by atoms with Gasteiger partial charge in [0.25, 0.3) is 5.56 Å². The first-order chi connectivity index (χ1) is 17.6. The number of alkyl halides is 3. The van der Waals surface area contributed by atoms with Gasteiger partial charge in [0.15, 0.2) is 0 Å². The van der Waals surface area contributed by atoms with Gasteiger partial charge in [-0.1, -0.05) is 32.6 Å². The number of nitrogens with zero attached hydrogens (tertiary/aromatic N) is 2. The van der Waals surface area contributed by atoms with Crippen molar-refractivity contribution in [2.24, 2.45) is 0 Å². The Hall–Kier alpha value is -2.40. The van der Waals surface area contributed by atoms with E-state index >= 15 is 0 Å². The lowest BCUT2D eigenvalue weighted by molar-refractivity contribution is -0.139. The van der Waals surface area contributed by atoms with Gasteiger partial charge in [0.05, 0.1) is 6.10 Å². The highest BCUT2D eigenvalue weighted by molar-refractivity contribution is 7.79. The average Bonchev–Trinajstić information content (AvgIpc) is 3.24. The van der Waals surface area contributed by atoms with Crippen LogP contribution in [-0.4, -0.2) is 71.4 Å². The number of H-pyrrole nitrogens is 1. The molecule has 37 heavy (non-hydrogen) atoms. The van der Waals surface area contributed by atoms with Gasteiger partial charge in [0.2, 0.25) is 0 Å². The van der Waals surface area contributed by atoms with Crippen molar-refractivity contribution >= 4 is 17.5 Å². The molecule has 0 unspecified atom stereocenters. The quantitative estimate of drug-likeness (QED) is 0.280. The molecule has 1 saturated heterocycles. The summed E-state index contributed by atoms with van der Waals surface area (Å²) in [4.78, 5) is 27.8. The van der Waals surface area contributed by atoms with Crippen molar-refractivity contribution in [1.82, 2.24) is 14.5 Å². The highest BCUT2D eigenvalue weighted by atomic mass is 32.1. The molecular formula is C24H34F3N3O6S. The summed E-state index contributed by atoms with van der Waals surface area (Å²) in [5.74, 6) is 2.31. The Kier molecular flexibility index (Phi) is 12.6. The van der Waals surface area contributed by atoms with Crippen LogP contribution in [0.4, 0.5) is 13.2 Å². The third kappa shape index (κ3) is 9.77. The molecule has 208 valence electrons. The number of hydrogen-bond donors (Lipinski definition) is 1. The fourth-order valence-electron chi connectivity index (χ4n) is 3.80. The Morgan fingerprint density at radius 2 is 1.92 bits per heavy atom. The summed E-state index contributed by atoms with van der Waals surface area (Å²) < 4.78 is 62.5. The fraction of sp³-hybridized carbons (Fsp3) is 0.708. The normalized spacial score (nSPS) is 19.6. The second kappa shape index (κ2) is 15.1. The van der Waals surface area contributed by atoms with Crippen molar-refractivity contribution in [2.45, 2.75) is 70.6 Å². The lowest BCUT2D eigenvalue weighted by atomic mass is 10.2. The van der Waals surface area contributed by atoms with Gasteiger partial charge >= 0.3 is 17.1 Å². The molecule has 0 saturated carbocycles. The summed E-state index contributed by atoms with van der Waals surface area (Å²) >= 11 is 5.15. The summed E-state index contributed by atoms with van der Waals surface area (Å²) in [7, 11) is 0. The molecule has 1 fully saturated rings. The van der Waals surface area contributed by atoms with Crippen LogP contribution >= 0.6 is 12.2 Å². The van der Waals surface area contributed by atoms with E-state index in [9.17, 15) is 22.8 Å². The van der Waals surface area contributed by atoms with E-state index in [0.29, 0.717) is 23.9 Å². The maximum Gasteiger partial charge on any atom is 0.423 e.